The normalized spacial score (nSPS) is 11.6. The van der Waals surface area contributed by atoms with Gasteiger partial charge in [-0.25, -0.2) is 9.97 Å². The average molecular weight is 377 g/mol. The van der Waals surface area contributed by atoms with Gasteiger partial charge in [0.1, 0.15) is 16.5 Å². The van der Waals surface area contributed by atoms with E-state index < -0.39 is 0 Å². The van der Waals surface area contributed by atoms with Gasteiger partial charge >= 0.3 is 0 Å². The molecule has 0 spiro atoms. The predicted molar refractivity (Wildman–Crippen MR) is 104 cm³/mol. The first-order valence-corrected chi connectivity index (χ1v) is 8.91. The maximum absolute atomic E-state index is 11.8. The summed E-state index contributed by atoms with van der Waals surface area (Å²) in [6.45, 7) is 4.80. The fraction of sp³-hybridized carbons (Fsp3) is 0.312. The molecule has 0 bridgehead atoms. The predicted octanol–water partition coefficient (Wildman–Crippen LogP) is 2.89. The maximum Gasteiger partial charge on any atom is 0.181 e. The van der Waals surface area contributed by atoms with E-state index in [1.165, 1.54) is 31.4 Å². The van der Waals surface area contributed by atoms with E-state index in [0.29, 0.717) is 27.8 Å². The number of anilines is 3. The van der Waals surface area contributed by atoms with Gasteiger partial charge in [0.15, 0.2) is 17.4 Å². The first-order chi connectivity index (χ1) is 11.8. The number of nitrogen functional groups attached to an aromatic ring is 1. The highest BCUT2D eigenvalue weighted by Crippen LogP contribution is 2.22. The van der Waals surface area contributed by atoms with Gasteiger partial charge in [-0.3, -0.25) is 9.59 Å². The summed E-state index contributed by atoms with van der Waals surface area (Å²) in [6.07, 6.45) is 2.04. The molecule has 0 unspecified atom stereocenters. The topological polar surface area (TPSA) is 110 Å². The number of hydrogen-bond donors (Lipinski definition) is 3. The number of Topliss-reactive ketones (excluding diaryl/α,β-unsaturated/α-hetero) is 2. The fourth-order valence-electron chi connectivity index (χ4n) is 2.16. The Labute approximate surface area is 155 Å². The maximum atomic E-state index is 11.8. The molecule has 2 aromatic rings. The lowest BCUT2D eigenvalue weighted by atomic mass is 10.1. The molecule has 0 aliphatic rings. The largest absolute Gasteiger partial charge is 0.390 e. The highest BCUT2D eigenvalue weighted by molar-refractivity contribution is 7.81. The minimum Gasteiger partial charge on any atom is -0.390 e. The molecule has 9 heteroatoms. The van der Waals surface area contributed by atoms with E-state index in [-0.39, 0.29) is 29.1 Å². The van der Waals surface area contributed by atoms with Gasteiger partial charge in [0.2, 0.25) is 0 Å². The number of hydrogen-bond acceptors (Lipinski definition) is 8. The zero-order valence-electron chi connectivity index (χ0n) is 14.1. The number of carbonyl (C=O) groups excluding carboxylic acids is 2. The molecular weight excluding hydrogens is 358 g/mol. The van der Waals surface area contributed by atoms with Crippen LogP contribution in [0.2, 0.25) is 0 Å². The number of rotatable bonds is 7. The number of ketones is 2. The molecule has 0 aromatic carbocycles. The van der Waals surface area contributed by atoms with Crippen molar-refractivity contribution in [1.29, 1.82) is 0 Å². The van der Waals surface area contributed by atoms with Crippen LogP contribution >= 0.6 is 23.6 Å². The van der Waals surface area contributed by atoms with Crippen molar-refractivity contribution in [2.24, 2.45) is 0 Å². The van der Waals surface area contributed by atoms with Crippen LogP contribution in [0.25, 0.3) is 0 Å². The summed E-state index contributed by atoms with van der Waals surface area (Å²) in [6, 6.07) is 1.42. The van der Waals surface area contributed by atoms with Crippen molar-refractivity contribution in [3.63, 3.8) is 0 Å². The quantitative estimate of drug-likeness (QED) is 0.499. The summed E-state index contributed by atoms with van der Waals surface area (Å²) < 4.78 is 0. The van der Waals surface area contributed by atoms with Crippen LogP contribution < -0.4 is 16.4 Å². The second kappa shape index (κ2) is 8.13. The summed E-state index contributed by atoms with van der Waals surface area (Å²) in [7, 11) is 0. The van der Waals surface area contributed by atoms with Crippen molar-refractivity contribution in [3.8, 4) is 0 Å². The summed E-state index contributed by atoms with van der Waals surface area (Å²) in [5.74, 6) is 0.361. The monoisotopic (exact) mass is 377 g/mol. The Bertz CT molecular complexity index is 819. The molecule has 0 fully saturated rings. The average Bonchev–Trinajstić information content (AvgIpc) is 2.98. The highest BCUT2D eigenvalue weighted by atomic mass is 32.1. The van der Waals surface area contributed by atoms with Gasteiger partial charge in [-0.15, -0.1) is 11.3 Å². The van der Waals surface area contributed by atoms with Gasteiger partial charge in [0.05, 0.1) is 17.2 Å². The van der Waals surface area contributed by atoms with Gasteiger partial charge in [0, 0.05) is 12.5 Å². The van der Waals surface area contributed by atoms with Crippen molar-refractivity contribution in [3.05, 3.63) is 28.9 Å². The summed E-state index contributed by atoms with van der Waals surface area (Å²) in [5.41, 5.74) is 6.71. The van der Waals surface area contributed by atoms with Gasteiger partial charge in [-0.2, -0.15) is 0 Å². The lowest BCUT2D eigenvalue weighted by Gasteiger charge is -2.16. The first-order valence-electron chi connectivity index (χ1n) is 7.62. The number of thiocarbonyl (C=S) groups is 1. The Morgan fingerprint density at radius 2 is 2.12 bits per heavy atom. The lowest BCUT2D eigenvalue weighted by molar-refractivity contribution is -0.117. The van der Waals surface area contributed by atoms with Crippen molar-refractivity contribution in [2.45, 2.75) is 33.2 Å². The second-order valence-corrected chi connectivity index (χ2v) is 6.73. The van der Waals surface area contributed by atoms with E-state index in [1.54, 1.807) is 6.07 Å². The van der Waals surface area contributed by atoms with Crippen molar-refractivity contribution >= 4 is 56.7 Å². The number of aromatic nitrogens is 2. The molecule has 0 saturated carbocycles. The number of nitrogens with one attached hydrogen (secondary N) is 2. The Morgan fingerprint density at radius 1 is 1.40 bits per heavy atom. The molecule has 2 heterocycles. The zero-order chi connectivity index (χ0) is 18.6. The third-order valence-corrected chi connectivity index (χ3v) is 4.57. The Hall–Kier alpha value is -2.39. The van der Waals surface area contributed by atoms with Crippen molar-refractivity contribution < 1.29 is 9.59 Å². The van der Waals surface area contributed by atoms with Crippen LogP contribution in [0.4, 0.5) is 16.6 Å². The third kappa shape index (κ3) is 4.58. The van der Waals surface area contributed by atoms with Crippen LogP contribution in [0.1, 0.15) is 43.2 Å². The second-order valence-electron chi connectivity index (χ2n) is 5.38. The molecule has 1 atom stereocenters. The standard InChI is InChI=1S/C16H19N5O2S2/c1-4-11(8(2)22)19-12-7-18-13(9(3)23)15(20-12)21-16(24)10-5-6-25-14(10)17/h5-7,11H,4,17H2,1-3H3,(H2,19,20,21,24)/t11-/m1/s1. The molecule has 4 N–H and O–H groups in total. The number of thiophene rings is 1. The van der Waals surface area contributed by atoms with Crippen LogP contribution in [0.15, 0.2) is 17.6 Å². The van der Waals surface area contributed by atoms with Gasteiger partial charge < -0.3 is 16.4 Å². The van der Waals surface area contributed by atoms with Crippen LogP contribution in [0.5, 0.6) is 0 Å². The van der Waals surface area contributed by atoms with Crippen LogP contribution in [0.3, 0.4) is 0 Å². The smallest absolute Gasteiger partial charge is 0.181 e. The Kier molecular flexibility index (Phi) is 6.16. The number of nitrogens with zero attached hydrogens (tertiary/aromatic N) is 2. The van der Waals surface area contributed by atoms with Gasteiger partial charge in [-0.1, -0.05) is 19.1 Å². The minimum atomic E-state index is -0.371. The van der Waals surface area contributed by atoms with Crippen LogP contribution in [-0.4, -0.2) is 32.6 Å². The van der Waals surface area contributed by atoms with Crippen molar-refractivity contribution in [1.82, 2.24) is 9.97 Å². The molecule has 25 heavy (non-hydrogen) atoms. The molecule has 0 radical (unpaired) electrons. The molecule has 0 saturated heterocycles. The number of carbonyl (C=O) groups is 2. The lowest BCUT2D eigenvalue weighted by Crippen LogP contribution is -2.27. The molecule has 0 aliphatic heterocycles. The van der Waals surface area contributed by atoms with Crippen LogP contribution in [-0.2, 0) is 4.79 Å². The Morgan fingerprint density at radius 3 is 2.64 bits per heavy atom. The van der Waals surface area contributed by atoms with E-state index in [4.69, 9.17) is 18.0 Å². The third-order valence-electron chi connectivity index (χ3n) is 3.50. The first kappa shape index (κ1) is 18.9. The Balaban J connectivity index is 2.32. The van der Waals surface area contributed by atoms with Crippen molar-refractivity contribution in [2.75, 3.05) is 16.4 Å². The molecule has 132 valence electrons. The van der Waals surface area contributed by atoms with Crippen LogP contribution in [0, 0.1) is 0 Å². The molecule has 2 aromatic heterocycles. The summed E-state index contributed by atoms with van der Waals surface area (Å²) in [4.78, 5) is 32.3. The number of nitrogens with two attached hydrogens (primary N) is 1. The molecular formula is C16H19N5O2S2. The SMILES string of the molecule is CC[C@@H](Nc1cnc(C(C)=O)c(NC(=S)c2ccsc2N)n1)C(C)=O. The molecule has 7 nitrogen and oxygen atoms in total. The van der Waals surface area contributed by atoms with E-state index in [0.717, 1.165) is 0 Å². The molecule has 0 amide bonds. The zero-order valence-corrected chi connectivity index (χ0v) is 15.8. The summed E-state index contributed by atoms with van der Waals surface area (Å²) >= 11 is 6.72. The van der Waals surface area contributed by atoms with E-state index in [9.17, 15) is 9.59 Å². The minimum absolute atomic E-state index is 0.00368. The fourth-order valence-corrected chi connectivity index (χ4v) is 3.14. The van der Waals surface area contributed by atoms with E-state index in [2.05, 4.69) is 20.6 Å². The molecule has 2 rings (SSSR count). The summed E-state index contributed by atoms with van der Waals surface area (Å²) in [5, 5.41) is 8.35. The van der Waals surface area contributed by atoms with Gasteiger partial charge in [0.25, 0.3) is 0 Å². The van der Waals surface area contributed by atoms with E-state index >= 15 is 0 Å². The van der Waals surface area contributed by atoms with Gasteiger partial charge in [-0.05, 0) is 24.8 Å². The van der Waals surface area contributed by atoms with E-state index in [1.807, 2.05) is 12.3 Å². The highest BCUT2D eigenvalue weighted by Gasteiger charge is 2.17. The molecule has 0 aliphatic carbocycles.